The molecule has 3 aromatic heterocycles. The summed E-state index contributed by atoms with van der Waals surface area (Å²) in [4.78, 5) is 32.0. The summed E-state index contributed by atoms with van der Waals surface area (Å²) < 4.78 is 41.0. The number of hydrogen-bond acceptors (Lipinski definition) is 4. The van der Waals surface area contributed by atoms with Crippen molar-refractivity contribution in [2.75, 3.05) is 5.32 Å². The summed E-state index contributed by atoms with van der Waals surface area (Å²) in [5.41, 5.74) is 1.09. The van der Waals surface area contributed by atoms with Gasteiger partial charge in [-0.1, -0.05) is 0 Å². The van der Waals surface area contributed by atoms with E-state index in [1.807, 2.05) is 5.32 Å². The third kappa shape index (κ3) is 4.08. The maximum atomic E-state index is 12.6. The number of anilines is 1. The van der Waals surface area contributed by atoms with Gasteiger partial charge in [-0.3, -0.25) is 9.59 Å². The van der Waals surface area contributed by atoms with Crippen LogP contribution in [0.3, 0.4) is 0 Å². The molecule has 11 heteroatoms. The molecule has 0 spiro atoms. The molecular formula is C18H17F3N6O2. The summed E-state index contributed by atoms with van der Waals surface area (Å²) in [7, 11) is 0. The van der Waals surface area contributed by atoms with Crippen LogP contribution in [0.15, 0.2) is 37.1 Å². The largest absolute Gasteiger partial charge is 0.408 e. The van der Waals surface area contributed by atoms with E-state index in [1.165, 1.54) is 17.1 Å². The number of amides is 2. The van der Waals surface area contributed by atoms with Crippen LogP contribution < -0.4 is 10.6 Å². The van der Waals surface area contributed by atoms with Crippen molar-refractivity contribution in [2.24, 2.45) is 5.92 Å². The Kier molecular flexibility index (Phi) is 4.52. The normalized spacial score (nSPS) is 15.3. The maximum Gasteiger partial charge on any atom is 0.408 e. The van der Waals surface area contributed by atoms with Crippen molar-refractivity contribution in [2.45, 2.75) is 32.0 Å². The van der Waals surface area contributed by atoms with E-state index in [4.69, 9.17) is 0 Å². The van der Waals surface area contributed by atoms with Gasteiger partial charge in [-0.05, 0) is 31.9 Å². The molecule has 0 aliphatic heterocycles. The van der Waals surface area contributed by atoms with Crippen LogP contribution in [-0.2, 0) is 4.79 Å². The van der Waals surface area contributed by atoms with Gasteiger partial charge in [0.1, 0.15) is 23.7 Å². The minimum atomic E-state index is -4.53. The molecule has 29 heavy (non-hydrogen) atoms. The standard InChI is InChI=1S/C18H17F3N6O2/c1-10(18(19,20)21)23-17(29)13-7-27(9-22-13)12-4-5-15-24-14(8-26(15)6-12)25-16(28)11-2-3-11/h4-11H,2-3H2,1H3,(H,23,29)(H,25,28)/t10-/m1/s1. The lowest BCUT2D eigenvalue weighted by atomic mass is 10.3. The van der Waals surface area contributed by atoms with E-state index in [0.29, 0.717) is 17.2 Å². The molecule has 1 atom stereocenters. The highest BCUT2D eigenvalue weighted by Crippen LogP contribution is 2.30. The fraction of sp³-hybridized carbons (Fsp3) is 0.333. The second-order valence-electron chi connectivity index (χ2n) is 6.95. The highest BCUT2D eigenvalue weighted by molar-refractivity contribution is 5.93. The Balaban J connectivity index is 1.51. The van der Waals surface area contributed by atoms with Crippen molar-refractivity contribution < 1.29 is 22.8 Å². The predicted molar refractivity (Wildman–Crippen MR) is 96.7 cm³/mol. The molecule has 0 aromatic carbocycles. The van der Waals surface area contributed by atoms with Crippen molar-refractivity contribution in [1.82, 2.24) is 24.3 Å². The van der Waals surface area contributed by atoms with Gasteiger partial charge >= 0.3 is 6.18 Å². The lowest BCUT2D eigenvalue weighted by Gasteiger charge is -2.16. The second kappa shape index (κ2) is 6.90. The Morgan fingerprint density at radius 1 is 1.21 bits per heavy atom. The predicted octanol–water partition coefficient (Wildman–Crippen LogP) is 2.55. The maximum absolute atomic E-state index is 12.6. The van der Waals surface area contributed by atoms with Crippen LogP contribution in [0.4, 0.5) is 19.0 Å². The van der Waals surface area contributed by atoms with E-state index < -0.39 is 18.1 Å². The lowest BCUT2D eigenvalue weighted by Crippen LogP contribution is -2.43. The van der Waals surface area contributed by atoms with Crippen molar-refractivity contribution in [3.63, 3.8) is 0 Å². The van der Waals surface area contributed by atoms with Crippen LogP contribution in [0.1, 0.15) is 30.3 Å². The van der Waals surface area contributed by atoms with Crippen molar-refractivity contribution >= 4 is 23.3 Å². The number of carbonyl (C=O) groups is 2. The third-order valence-corrected chi connectivity index (χ3v) is 4.59. The summed E-state index contributed by atoms with van der Waals surface area (Å²) in [5, 5.41) is 4.64. The summed E-state index contributed by atoms with van der Waals surface area (Å²) in [6, 6.07) is 1.45. The van der Waals surface area contributed by atoms with Crippen LogP contribution in [0.2, 0.25) is 0 Å². The second-order valence-corrected chi connectivity index (χ2v) is 6.95. The molecule has 2 N–H and O–H groups in total. The number of nitrogens with zero attached hydrogens (tertiary/aromatic N) is 4. The minimum Gasteiger partial charge on any atom is -0.339 e. The summed E-state index contributed by atoms with van der Waals surface area (Å²) in [6.07, 6.45) is 3.29. The lowest BCUT2D eigenvalue weighted by molar-refractivity contribution is -0.149. The number of nitrogens with one attached hydrogen (secondary N) is 2. The first kappa shape index (κ1) is 19.0. The van der Waals surface area contributed by atoms with Gasteiger partial charge in [0, 0.05) is 18.3 Å². The summed E-state index contributed by atoms with van der Waals surface area (Å²) in [5.74, 6) is -0.467. The van der Waals surface area contributed by atoms with Gasteiger partial charge in [0.05, 0.1) is 11.9 Å². The molecule has 1 fully saturated rings. The van der Waals surface area contributed by atoms with Crippen molar-refractivity contribution in [3.05, 3.63) is 42.7 Å². The smallest absolute Gasteiger partial charge is 0.339 e. The Bertz CT molecular complexity index is 1080. The van der Waals surface area contributed by atoms with Gasteiger partial charge in [-0.15, -0.1) is 0 Å². The average Bonchev–Trinajstić information content (AvgIpc) is 3.25. The molecule has 0 unspecified atom stereocenters. The molecule has 4 rings (SSSR count). The Morgan fingerprint density at radius 3 is 2.66 bits per heavy atom. The fourth-order valence-electron chi connectivity index (χ4n) is 2.70. The number of halogens is 3. The highest BCUT2D eigenvalue weighted by Gasteiger charge is 2.37. The van der Waals surface area contributed by atoms with E-state index in [1.54, 1.807) is 28.9 Å². The first-order valence-corrected chi connectivity index (χ1v) is 8.92. The molecule has 0 radical (unpaired) electrons. The molecule has 1 aliphatic carbocycles. The quantitative estimate of drug-likeness (QED) is 0.681. The number of fused-ring (bicyclic) bond motifs is 1. The van der Waals surface area contributed by atoms with Crippen LogP contribution in [0.25, 0.3) is 11.3 Å². The molecule has 0 bridgehead atoms. The van der Waals surface area contributed by atoms with Crippen LogP contribution in [0, 0.1) is 5.92 Å². The Labute approximate surface area is 162 Å². The van der Waals surface area contributed by atoms with Gasteiger partial charge in [-0.25, -0.2) is 9.97 Å². The van der Waals surface area contributed by atoms with E-state index >= 15 is 0 Å². The van der Waals surface area contributed by atoms with Crippen LogP contribution in [0.5, 0.6) is 0 Å². The molecule has 2 amide bonds. The number of imidazole rings is 2. The Hall–Kier alpha value is -3.37. The molecule has 3 aromatic rings. The molecule has 8 nitrogen and oxygen atoms in total. The fourth-order valence-corrected chi connectivity index (χ4v) is 2.70. The van der Waals surface area contributed by atoms with E-state index in [9.17, 15) is 22.8 Å². The molecule has 1 aliphatic rings. The van der Waals surface area contributed by atoms with Gasteiger partial charge in [-0.2, -0.15) is 13.2 Å². The number of alkyl halides is 3. The SMILES string of the molecule is C[C@@H](NC(=O)c1cn(-c2ccc3nc(NC(=O)C4CC4)cn3c2)cn1)C(F)(F)F. The average molecular weight is 406 g/mol. The zero-order valence-electron chi connectivity index (χ0n) is 15.3. The van der Waals surface area contributed by atoms with E-state index in [-0.39, 0.29) is 17.5 Å². The monoisotopic (exact) mass is 406 g/mol. The topological polar surface area (TPSA) is 93.3 Å². The number of hydrogen-bond donors (Lipinski definition) is 2. The molecule has 0 saturated heterocycles. The number of pyridine rings is 1. The van der Waals surface area contributed by atoms with Gasteiger partial charge in [0.25, 0.3) is 5.91 Å². The number of aromatic nitrogens is 4. The number of rotatable bonds is 5. The number of carbonyl (C=O) groups excluding carboxylic acids is 2. The zero-order valence-corrected chi connectivity index (χ0v) is 15.3. The van der Waals surface area contributed by atoms with Gasteiger partial charge < -0.3 is 19.6 Å². The van der Waals surface area contributed by atoms with E-state index in [0.717, 1.165) is 19.8 Å². The van der Waals surface area contributed by atoms with Gasteiger partial charge in [0.15, 0.2) is 5.82 Å². The van der Waals surface area contributed by atoms with Crippen molar-refractivity contribution in [1.29, 1.82) is 0 Å². The zero-order chi connectivity index (χ0) is 20.8. The summed E-state index contributed by atoms with van der Waals surface area (Å²) >= 11 is 0. The third-order valence-electron chi connectivity index (χ3n) is 4.59. The van der Waals surface area contributed by atoms with Crippen molar-refractivity contribution in [3.8, 4) is 5.69 Å². The van der Waals surface area contributed by atoms with Gasteiger partial charge in [0.2, 0.25) is 5.91 Å². The molecule has 1 saturated carbocycles. The Morgan fingerprint density at radius 2 is 1.97 bits per heavy atom. The molecule has 3 heterocycles. The van der Waals surface area contributed by atoms with Crippen LogP contribution in [-0.4, -0.2) is 43.0 Å². The first-order valence-electron chi connectivity index (χ1n) is 8.92. The summed E-state index contributed by atoms with van der Waals surface area (Å²) in [6.45, 7) is 0.863. The molecular weight excluding hydrogens is 389 g/mol. The highest BCUT2D eigenvalue weighted by atomic mass is 19.4. The van der Waals surface area contributed by atoms with E-state index in [2.05, 4.69) is 15.3 Å². The minimum absolute atomic E-state index is 0.0491. The first-order chi connectivity index (χ1) is 13.7. The molecule has 152 valence electrons. The van der Waals surface area contributed by atoms with Crippen LogP contribution >= 0.6 is 0 Å².